The van der Waals surface area contributed by atoms with Gasteiger partial charge < -0.3 is 20.4 Å². The summed E-state index contributed by atoms with van der Waals surface area (Å²) in [4.78, 5) is 31.9. The molecule has 0 bridgehead atoms. The van der Waals surface area contributed by atoms with Crippen molar-refractivity contribution in [2.24, 2.45) is 11.7 Å². The van der Waals surface area contributed by atoms with Gasteiger partial charge in [0.2, 0.25) is 11.8 Å². The van der Waals surface area contributed by atoms with Crippen molar-refractivity contribution in [2.75, 3.05) is 73.0 Å². The molecule has 2 fully saturated rings. The van der Waals surface area contributed by atoms with Crippen molar-refractivity contribution in [3.63, 3.8) is 0 Å². The lowest BCUT2D eigenvalue weighted by molar-refractivity contribution is -0.133. The number of rotatable bonds is 5. The number of likely N-dealkylation sites (N-methyl/N-ethyl adjacent to an activating group) is 1. The van der Waals surface area contributed by atoms with Gasteiger partial charge in [0, 0.05) is 45.8 Å². The van der Waals surface area contributed by atoms with Crippen LogP contribution in [0.25, 0.3) is 0 Å². The molecule has 23 heavy (non-hydrogen) atoms. The molecule has 2 amide bonds. The van der Waals surface area contributed by atoms with Crippen molar-refractivity contribution in [1.29, 1.82) is 0 Å². The number of piperidine rings is 1. The highest BCUT2D eigenvalue weighted by molar-refractivity contribution is 5.78. The van der Waals surface area contributed by atoms with Gasteiger partial charge in [0.25, 0.3) is 0 Å². The van der Waals surface area contributed by atoms with Gasteiger partial charge in [-0.3, -0.25) is 14.5 Å². The van der Waals surface area contributed by atoms with Crippen molar-refractivity contribution in [1.82, 2.24) is 19.6 Å². The average molecular weight is 325 g/mol. The summed E-state index contributed by atoms with van der Waals surface area (Å²) in [6.07, 6.45) is 2.12. The molecule has 0 saturated carbocycles. The Morgan fingerprint density at radius 1 is 0.957 bits per heavy atom. The first-order chi connectivity index (χ1) is 11.0. The van der Waals surface area contributed by atoms with Crippen LogP contribution < -0.4 is 5.73 Å². The SMILES string of the molecule is CN(C)CC(=O)N1CCN(CC2CCN(C(=O)CN)CC2)CC1. The maximum atomic E-state index is 12.1. The third kappa shape index (κ3) is 5.44. The monoisotopic (exact) mass is 325 g/mol. The Balaban J connectivity index is 1.67. The van der Waals surface area contributed by atoms with Gasteiger partial charge in [-0.2, -0.15) is 0 Å². The van der Waals surface area contributed by atoms with Crippen LogP contribution >= 0.6 is 0 Å². The van der Waals surface area contributed by atoms with Crippen molar-refractivity contribution >= 4 is 11.8 Å². The van der Waals surface area contributed by atoms with E-state index in [1.807, 2.05) is 28.8 Å². The number of hydrogen-bond donors (Lipinski definition) is 1. The van der Waals surface area contributed by atoms with Crippen LogP contribution in [0.3, 0.4) is 0 Å². The number of nitrogens with zero attached hydrogens (tertiary/aromatic N) is 4. The number of carbonyl (C=O) groups excluding carboxylic acids is 2. The molecule has 7 heteroatoms. The molecule has 0 aromatic carbocycles. The molecule has 0 unspecified atom stereocenters. The van der Waals surface area contributed by atoms with E-state index in [1.54, 1.807) is 0 Å². The number of nitrogens with two attached hydrogens (primary N) is 1. The minimum absolute atomic E-state index is 0.0662. The van der Waals surface area contributed by atoms with Gasteiger partial charge in [-0.05, 0) is 32.9 Å². The Bertz CT molecular complexity index is 399. The Morgan fingerprint density at radius 3 is 2.04 bits per heavy atom. The highest BCUT2D eigenvalue weighted by Gasteiger charge is 2.26. The zero-order valence-electron chi connectivity index (χ0n) is 14.5. The second kappa shape index (κ2) is 8.61. The number of piperazine rings is 1. The maximum absolute atomic E-state index is 12.1. The van der Waals surface area contributed by atoms with Crippen LogP contribution in [0.5, 0.6) is 0 Å². The molecule has 2 rings (SSSR count). The van der Waals surface area contributed by atoms with E-state index >= 15 is 0 Å². The van der Waals surface area contributed by atoms with Crippen LogP contribution in [0.1, 0.15) is 12.8 Å². The summed E-state index contributed by atoms with van der Waals surface area (Å²) in [6, 6.07) is 0. The van der Waals surface area contributed by atoms with Gasteiger partial charge in [0.05, 0.1) is 13.1 Å². The molecule has 0 spiro atoms. The lowest BCUT2D eigenvalue weighted by Crippen LogP contribution is -2.52. The number of carbonyl (C=O) groups is 2. The van der Waals surface area contributed by atoms with E-state index in [2.05, 4.69) is 4.90 Å². The molecule has 2 aliphatic heterocycles. The topological polar surface area (TPSA) is 73.1 Å². The molecule has 132 valence electrons. The van der Waals surface area contributed by atoms with Crippen molar-refractivity contribution in [3.05, 3.63) is 0 Å². The van der Waals surface area contributed by atoms with Crippen molar-refractivity contribution in [2.45, 2.75) is 12.8 Å². The Kier molecular flexibility index (Phi) is 6.80. The highest BCUT2D eigenvalue weighted by Crippen LogP contribution is 2.19. The quantitative estimate of drug-likeness (QED) is 0.694. The van der Waals surface area contributed by atoms with Crippen molar-refractivity contribution in [3.8, 4) is 0 Å². The molecule has 2 aliphatic rings. The fourth-order valence-corrected chi connectivity index (χ4v) is 3.41. The predicted octanol–water partition coefficient (Wildman–Crippen LogP) is -1.11. The Hall–Kier alpha value is -1.18. The zero-order valence-corrected chi connectivity index (χ0v) is 14.5. The molecule has 2 heterocycles. The van der Waals surface area contributed by atoms with Gasteiger partial charge in [-0.15, -0.1) is 0 Å². The molecule has 2 saturated heterocycles. The molecule has 0 atom stereocenters. The molecule has 0 aromatic heterocycles. The summed E-state index contributed by atoms with van der Waals surface area (Å²) in [5.74, 6) is 0.945. The second-order valence-electron chi connectivity index (χ2n) is 6.95. The Labute approximate surface area is 139 Å². The van der Waals surface area contributed by atoms with Crippen LogP contribution in [0.4, 0.5) is 0 Å². The lowest BCUT2D eigenvalue weighted by Gasteiger charge is -2.39. The normalized spacial score (nSPS) is 21.0. The van der Waals surface area contributed by atoms with Gasteiger partial charge in [0.15, 0.2) is 0 Å². The maximum Gasteiger partial charge on any atom is 0.236 e. The van der Waals surface area contributed by atoms with E-state index in [0.717, 1.165) is 58.7 Å². The average Bonchev–Trinajstić information content (AvgIpc) is 2.55. The second-order valence-corrected chi connectivity index (χ2v) is 6.95. The van der Waals surface area contributed by atoms with Crippen LogP contribution in [0, 0.1) is 5.92 Å². The van der Waals surface area contributed by atoms with E-state index in [0.29, 0.717) is 12.5 Å². The predicted molar refractivity (Wildman–Crippen MR) is 89.9 cm³/mol. The van der Waals surface area contributed by atoms with E-state index in [-0.39, 0.29) is 18.4 Å². The van der Waals surface area contributed by atoms with Gasteiger partial charge in [0.1, 0.15) is 0 Å². The molecule has 0 aromatic rings. The van der Waals surface area contributed by atoms with Gasteiger partial charge >= 0.3 is 0 Å². The number of amides is 2. The highest BCUT2D eigenvalue weighted by atomic mass is 16.2. The zero-order chi connectivity index (χ0) is 16.8. The third-order valence-corrected chi connectivity index (χ3v) is 4.83. The van der Waals surface area contributed by atoms with E-state index < -0.39 is 0 Å². The summed E-state index contributed by atoms with van der Waals surface area (Å²) in [5, 5.41) is 0. The molecule has 2 N–H and O–H groups in total. The molecule has 0 radical (unpaired) electrons. The third-order valence-electron chi connectivity index (χ3n) is 4.83. The van der Waals surface area contributed by atoms with Crippen LogP contribution in [-0.4, -0.2) is 104 Å². The van der Waals surface area contributed by atoms with Crippen molar-refractivity contribution < 1.29 is 9.59 Å². The first-order valence-corrected chi connectivity index (χ1v) is 8.62. The van der Waals surface area contributed by atoms with Gasteiger partial charge in [-0.1, -0.05) is 0 Å². The molecular formula is C16H31N5O2. The fourth-order valence-electron chi connectivity index (χ4n) is 3.41. The molecule has 7 nitrogen and oxygen atoms in total. The number of hydrogen-bond acceptors (Lipinski definition) is 5. The first-order valence-electron chi connectivity index (χ1n) is 8.62. The Morgan fingerprint density at radius 2 is 1.52 bits per heavy atom. The van der Waals surface area contributed by atoms with Crippen LogP contribution in [0.15, 0.2) is 0 Å². The van der Waals surface area contributed by atoms with Crippen LogP contribution in [0.2, 0.25) is 0 Å². The molecule has 0 aliphatic carbocycles. The van der Waals surface area contributed by atoms with E-state index in [9.17, 15) is 9.59 Å². The smallest absolute Gasteiger partial charge is 0.236 e. The summed E-state index contributed by atoms with van der Waals surface area (Å²) in [5.41, 5.74) is 5.42. The summed E-state index contributed by atoms with van der Waals surface area (Å²) < 4.78 is 0. The standard InChI is InChI=1S/C16H31N5O2/c1-18(2)13-16(23)21-9-7-19(8-10-21)12-14-3-5-20(6-4-14)15(22)11-17/h14H,3-13,17H2,1-2H3. The summed E-state index contributed by atoms with van der Waals surface area (Å²) >= 11 is 0. The summed E-state index contributed by atoms with van der Waals surface area (Å²) in [6.45, 7) is 6.95. The molecular weight excluding hydrogens is 294 g/mol. The minimum Gasteiger partial charge on any atom is -0.342 e. The number of likely N-dealkylation sites (tertiary alicyclic amines) is 1. The van der Waals surface area contributed by atoms with E-state index in [4.69, 9.17) is 5.73 Å². The van der Waals surface area contributed by atoms with Crippen LogP contribution in [-0.2, 0) is 9.59 Å². The largest absolute Gasteiger partial charge is 0.342 e. The van der Waals surface area contributed by atoms with E-state index in [1.165, 1.54) is 0 Å². The lowest BCUT2D eigenvalue weighted by atomic mass is 9.96. The summed E-state index contributed by atoms with van der Waals surface area (Å²) in [7, 11) is 3.85. The fraction of sp³-hybridized carbons (Fsp3) is 0.875. The minimum atomic E-state index is 0.0662. The first kappa shape index (κ1) is 18.2. The van der Waals surface area contributed by atoms with Gasteiger partial charge in [-0.25, -0.2) is 0 Å².